The summed E-state index contributed by atoms with van der Waals surface area (Å²) in [5.41, 5.74) is 0.498. The van der Waals surface area contributed by atoms with Gasteiger partial charge in [0.05, 0.1) is 24.3 Å². The monoisotopic (exact) mass is 383 g/mol. The van der Waals surface area contributed by atoms with E-state index in [9.17, 15) is 14.0 Å². The second-order valence-corrected chi connectivity index (χ2v) is 7.10. The number of morpholine rings is 1. The zero-order chi connectivity index (χ0) is 18.7. The zero-order valence-corrected chi connectivity index (χ0v) is 15.5. The molecular formula is C18H23ClFN3O3. The third kappa shape index (κ3) is 4.34. The van der Waals surface area contributed by atoms with Crippen molar-refractivity contribution in [1.29, 1.82) is 0 Å². The molecule has 2 aliphatic rings. The summed E-state index contributed by atoms with van der Waals surface area (Å²) in [7, 11) is 0. The Hall–Kier alpha value is -1.70. The van der Waals surface area contributed by atoms with Crippen LogP contribution >= 0.6 is 11.6 Å². The number of hydrogen-bond acceptors (Lipinski definition) is 4. The van der Waals surface area contributed by atoms with Gasteiger partial charge in [-0.3, -0.25) is 9.59 Å². The molecular weight excluding hydrogens is 361 g/mol. The minimum absolute atomic E-state index is 0.0327. The van der Waals surface area contributed by atoms with Crippen LogP contribution in [-0.4, -0.2) is 61.6 Å². The van der Waals surface area contributed by atoms with Gasteiger partial charge in [0.25, 0.3) is 0 Å². The quantitative estimate of drug-likeness (QED) is 0.842. The third-order valence-electron chi connectivity index (χ3n) is 4.75. The summed E-state index contributed by atoms with van der Waals surface area (Å²) in [6.07, 6.45) is 0.943. The predicted molar refractivity (Wildman–Crippen MR) is 96.8 cm³/mol. The van der Waals surface area contributed by atoms with Gasteiger partial charge in [0.1, 0.15) is 5.82 Å². The predicted octanol–water partition coefficient (Wildman–Crippen LogP) is 1.81. The summed E-state index contributed by atoms with van der Waals surface area (Å²) in [5, 5.41) is 3.27. The van der Waals surface area contributed by atoms with Gasteiger partial charge in [-0.1, -0.05) is 11.6 Å². The van der Waals surface area contributed by atoms with E-state index in [1.165, 1.54) is 12.1 Å². The van der Waals surface area contributed by atoms with Gasteiger partial charge >= 0.3 is 0 Å². The fourth-order valence-corrected chi connectivity index (χ4v) is 3.47. The Bertz CT molecular complexity index is 682. The molecule has 142 valence electrons. The number of halogens is 2. The topological polar surface area (TPSA) is 61.9 Å². The van der Waals surface area contributed by atoms with Gasteiger partial charge in [-0.05, 0) is 31.5 Å². The van der Waals surface area contributed by atoms with E-state index in [1.54, 1.807) is 15.9 Å². The molecule has 0 bridgehead atoms. The molecule has 2 saturated heterocycles. The van der Waals surface area contributed by atoms with Gasteiger partial charge in [-0.25, -0.2) is 4.39 Å². The van der Waals surface area contributed by atoms with Crippen molar-refractivity contribution in [2.24, 2.45) is 0 Å². The molecule has 0 saturated carbocycles. The van der Waals surface area contributed by atoms with Gasteiger partial charge in [0, 0.05) is 37.8 Å². The lowest BCUT2D eigenvalue weighted by atomic mass is 10.1. The van der Waals surface area contributed by atoms with Crippen LogP contribution in [0.15, 0.2) is 18.2 Å². The van der Waals surface area contributed by atoms with Crippen LogP contribution in [-0.2, 0) is 14.3 Å². The number of nitrogens with one attached hydrogen (secondary N) is 1. The number of carbonyl (C=O) groups is 2. The van der Waals surface area contributed by atoms with Crippen LogP contribution in [0.2, 0.25) is 5.02 Å². The minimum Gasteiger partial charge on any atom is -0.378 e. The van der Waals surface area contributed by atoms with Gasteiger partial charge in [0.2, 0.25) is 11.8 Å². The number of hydrogen-bond donors (Lipinski definition) is 1. The van der Waals surface area contributed by atoms with E-state index >= 15 is 0 Å². The average Bonchev–Trinajstić information content (AvgIpc) is 2.98. The second kappa shape index (κ2) is 8.33. The summed E-state index contributed by atoms with van der Waals surface area (Å²) in [6.45, 7) is 4.77. The van der Waals surface area contributed by atoms with Crippen LogP contribution in [0.4, 0.5) is 10.1 Å². The molecule has 0 spiro atoms. The van der Waals surface area contributed by atoms with Crippen LogP contribution in [0.3, 0.4) is 0 Å². The van der Waals surface area contributed by atoms with E-state index in [2.05, 4.69) is 5.32 Å². The van der Waals surface area contributed by atoms with Crippen molar-refractivity contribution >= 4 is 29.1 Å². The normalized spacial score (nSPS) is 22.0. The molecule has 26 heavy (non-hydrogen) atoms. The average molecular weight is 384 g/mol. The summed E-state index contributed by atoms with van der Waals surface area (Å²) in [6, 6.07) is 3.86. The van der Waals surface area contributed by atoms with Gasteiger partial charge in [-0.15, -0.1) is 0 Å². The molecule has 0 unspecified atom stereocenters. The maximum atomic E-state index is 13.7. The highest BCUT2D eigenvalue weighted by atomic mass is 35.5. The molecule has 2 atom stereocenters. The molecule has 2 amide bonds. The number of carbonyl (C=O) groups excluding carboxylic acids is 2. The van der Waals surface area contributed by atoms with Crippen molar-refractivity contribution in [2.45, 2.75) is 31.8 Å². The van der Waals surface area contributed by atoms with E-state index in [0.717, 1.165) is 0 Å². The number of benzene rings is 1. The van der Waals surface area contributed by atoms with Gasteiger partial charge in [0.15, 0.2) is 0 Å². The van der Waals surface area contributed by atoms with Crippen molar-refractivity contribution in [3.8, 4) is 0 Å². The molecule has 1 N–H and O–H groups in total. The highest BCUT2D eigenvalue weighted by Crippen LogP contribution is 2.26. The standard InChI is InChI=1S/C18H23ClFN3O3/c1-12(10-17(24)22-6-8-26-9-7-22)21-16-4-5-23(18(16)25)13-2-3-14(19)15(20)11-13/h2-3,11-12,16,21H,4-10H2,1H3/t12-,16+/m1/s1. The van der Waals surface area contributed by atoms with Crippen molar-refractivity contribution < 1.29 is 18.7 Å². The largest absolute Gasteiger partial charge is 0.378 e. The summed E-state index contributed by atoms with van der Waals surface area (Å²) in [4.78, 5) is 28.3. The lowest BCUT2D eigenvalue weighted by Crippen LogP contribution is -2.46. The zero-order valence-electron chi connectivity index (χ0n) is 14.7. The molecule has 2 heterocycles. The molecule has 1 aromatic carbocycles. The first-order valence-electron chi connectivity index (χ1n) is 8.83. The van der Waals surface area contributed by atoms with E-state index in [4.69, 9.17) is 16.3 Å². The van der Waals surface area contributed by atoms with Crippen LogP contribution in [0, 0.1) is 5.82 Å². The summed E-state index contributed by atoms with van der Waals surface area (Å²) >= 11 is 5.70. The van der Waals surface area contributed by atoms with E-state index in [0.29, 0.717) is 51.4 Å². The second-order valence-electron chi connectivity index (χ2n) is 6.69. The maximum absolute atomic E-state index is 13.7. The molecule has 6 nitrogen and oxygen atoms in total. The highest BCUT2D eigenvalue weighted by molar-refractivity contribution is 6.30. The molecule has 2 aliphatic heterocycles. The van der Waals surface area contributed by atoms with Crippen molar-refractivity contribution in [3.05, 3.63) is 29.0 Å². The van der Waals surface area contributed by atoms with Crippen LogP contribution < -0.4 is 10.2 Å². The first-order chi connectivity index (χ1) is 12.5. The molecule has 0 aromatic heterocycles. The number of nitrogens with zero attached hydrogens (tertiary/aromatic N) is 2. The molecule has 0 radical (unpaired) electrons. The first kappa shape index (κ1) is 19.1. The fraction of sp³-hybridized carbons (Fsp3) is 0.556. The Morgan fingerprint density at radius 1 is 1.38 bits per heavy atom. The van der Waals surface area contributed by atoms with Crippen molar-refractivity contribution in [1.82, 2.24) is 10.2 Å². The van der Waals surface area contributed by atoms with Gasteiger partial charge in [-0.2, -0.15) is 0 Å². The van der Waals surface area contributed by atoms with Crippen molar-refractivity contribution in [3.63, 3.8) is 0 Å². The lowest BCUT2D eigenvalue weighted by molar-refractivity contribution is -0.136. The van der Waals surface area contributed by atoms with E-state index < -0.39 is 5.82 Å². The fourth-order valence-electron chi connectivity index (χ4n) is 3.35. The molecule has 2 fully saturated rings. The SMILES string of the molecule is C[C@H](CC(=O)N1CCOCC1)N[C@H]1CCN(c2ccc(Cl)c(F)c2)C1=O. The number of anilines is 1. The van der Waals surface area contributed by atoms with Crippen LogP contribution in [0.5, 0.6) is 0 Å². The molecule has 1 aromatic rings. The summed E-state index contributed by atoms with van der Waals surface area (Å²) < 4.78 is 18.9. The van der Waals surface area contributed by atoms with Gasteiger partial charge < -0.3 is 19.9 Å². The first-order valence-corrected chi connectivity index (χ1v) is 9.21. The minimum atomic E-state index is -0.544. The van der Waals surface area contributed by atoms with E-state index in [1.807, 2.05) is 6.92 Å². The van der Waals surface area contributed by atoms with Crippen molar-refractivity contribution in [2.75, 3.05) is 37.7 Å². The Morgan fingerprint density at radius 3 is 2.81 bits per heavy atom. The van der Waals surface area contributed by atoms with E-state index in [-0.39, 0.29) is 28.9 Å². The Kier molecular flexibility index (Phi) is 6.11. The third-order valence-corrected chi connectivity index (χ3v) is 5.06. The van der Waals surface area contributed by atoms with Crippen LogP contribution in [0.25, 0.3) is 0 Å². The number of rotatable bonds is 5. The maximum Gasteiger partial charge on any atom is 0.244 e. The summed E-state index contributed by atoms with van der Waals surface area (Å²) in [5.74, 6) is -0.592. The number of ether oxygens (including phenoxy) is 1. The smallest absolute Gasteiger partial charge is 0.244 e. The molecule has 0 aliphatic carbocycles. The Morgan fingerprint density at radius 2 is 2.12 bits per heavy atom. The Balaban J connectivity index is 1.54. The number of amides is 2. The molecule has 8 heteroatoms. The van der Waals surface area contributed by atoms with Crippen LogP contribution in [0.1, 0.15) is 19.8 Å². The Labute approximate surface area is 157 Å². The lowest BCUT2D eigenvalue weighted by Gasteiger charge is -2.28. The molecule has 3 rings (SSSR count). The highest BCUT2D eigenvalue weighted by Gasteiger charge is 2.34.